The number of likely N-dealkylation sites (N-methyl/N-ethyl adjacent to an activating group) is 1. The monoisotopic (exact) mass is 419 g/mol. The second kappa shape index (κ2) is 7.00. The summed E-state index contributed by atoms with van der Waals surface area (Å²) in [4.78, 5) is 2.02. The van der Waals surface area contributed by atoms with Crippen LogP contribution in [0.3, 0.4) is 0 Å². The Bertz CT molecular complexity index is 610. The van der Waals surface area contributed by atoms with E-state index in [-0.39, 0.29) is 5.56 Å². The summed E-state index contributed by atoms with van der Waals surface area (Å²) >= 11 is 6.67. The van der Waals surface area contributed by atoms with Crippen LogP contribution in [0, 0.1) is 5.82 Å². The highest BCUT2D eigenvalue weighted by Gasteiger charge is 2.24. The van der Waals surface area contributed by atoms with Gasteiger partial charge in [-0.05, 0) is 42.2 Å². The van der Waals surface area contributed by atoms with E-state index in [9.17, 15) is 9.50 Å². The molecule has 1 atom stereocenters. The largest absolute Gasteiger partial charge is 0.382 e. The minimum Gasteiger partial charge on any atom is -0.382 e. The van der Waals surface area contributed by atoms with E-state index in [1.165, 1.54) is 6.07 Å². The molecule has 0 aliphatic carbocycles. The van der Waals surface area contributed by atoms with Crippen LogP contribution in [0.5, 0.6) is 0 Å². The molecule has 1 aromatic heterocycles. The molecular formula is C14H16Br2FN3O. The summed E-state index contributed by atoms with van der Waals surface area (Å²) in [5, 5.41) is 14.8. The molecule has 1 aromatic carbocycles. The predicted octanol–water partition coefficient (Wildman–Crippen LogP) is 3.19. The molecule has 0 saturated heterocycles. The summed E-state index contributed by atoms with van der Waals surface area (Å²) in [5.74, 6) is -0.455. The molecule has 1 unspecified atom stereocenters. The smallest absolute Gasteiger partial charge is 0.130 e. The topological polar surface area (TPSA) is 41.3 Å². The first-order valence-corrected chi connectivity index (χ1v) is 7.98. The second-order valence-corrected chi connectivity index (χ2v) is 6.65. The SMILES string of the molecule is CN(C)CCn1ncc(Br)c1C(O)c1c(F)cccc1Br. The molecular weight excluding hydrogens is 405 g/mol. The van der Waals surface area contributed by atoms with E-state index < -0.39 is 11.9 Å². The average molecular weight is 421 g/mol. The molecule has 0 fully saturated rings. The second-order valence-electron chi connectivity index (χ2n) is 4.94. The van der Waals surface area contributed by atoms with Gasteiger partial charge in [-0.3, -0.25) is 4.68 Å². The van der Waals surface area contributed by atoms with Crippen molar-refractivity contribution in [2.75, 3.05) is 20.6 Å². The van der Waals surface area contributed by atoms with Gasteiger partial charge in [0.05, 0.1) is 22.9 Å². The van der Waals surface area contributed by atoms with E-state index >= 15 is 0 Å². The van der Waals surface area contributed by atoms with Crippen molar-refractivity contribution >= 4 is 31.9 Å². The van der Waals surface area contributed by atoms with Gasteiger partial charge in [0.25, 0.3) is 0 Å². The van der Waals surface area contributed by atoms with Crippen molar-refractivity contribution in [2.45, 2.75) is 12.6 Å². The zero-order valence-corrected chi connectivity index (χ0v) is 14.9. The van der Waals surface area contributed by atoms with Gasteiger partial charge in [-0.1, -0.05) is 22.0 Å². The highest BCUT2D eigenvalue weighted by molar-refractivity contribution is 9.10. The van der Waals surface area contributed by atoms with Crippen molar-refractivity contribution in [1.82, 2.24) is 14.7 Å². The van der Waals surface area contributed by atoms with Gasteiger partial charge in [-0.15, -0.1) is 0 Å². The first-order valence-electron chi connectivity index (χ1n) is 6.39. The molecule has 0 saturated carbocycles. The van der Waals surface area contributed by atoms with Crippen molar-refractivity contribution in [1.29, 1.82) is 0 Å². The van der Waals surface area contributed by atoms with Crippen LogP contribution in [0.4, 0.5) is 4.39 Å². The Kier molecular flexibility index (Phi) is 5.54. The summed E-state index contributed by atoms with van der Waals surface area (Å²) in [6, 6.07) is 4.63. The van der Waals surface area contributed by atoms with E-state index in [2.05, 4.69) is 37.0 Å². The van der Waals surface area contributed by atoms with Crippen molar-refractivity contribution in [3.05, 3.63) is 50.4 Å². The lowest BCUT2D eigenvalue weighted by molar-refractivity contribution is 0.199. The third-order valence-electron chi connectivity index (χ3n) is 3.12. The minimum atomic E-state index is -1.10. The Labute approximate surface area is 139 Å². The molecule has 0 amide bonds. The van der Waals surface area contributed by atoms with Crippen LogP contribution >= 0.6 is 31.9 Å². The third kappa shape index (κ3) is 3.71. The fourth-order valence-corrected chi connectivity index (χ4v) is 3.10. The molecule has 1 N–H and O–H groups in total. The fourth-order valence-electron chi connectivity index (χ4n) is 2.03. The highest BCUT2D eigenvalue weighted by atomic mass is 79.9. The number of halogens is 3. The van der Waals surface area contributed by atoms with Crippen LogP contribution < -0.4 is 0 Å². The van der Waals surface area contributed by atoms with Crippen molar-refractivity contribution in [3.63, 3.8) is 0 Å². The maximum atomic E-state index is 14.0. The predicted molar refractivity (Wildman–Crippen MR) is 86.6 cm³/mol. The molecule has 2 aromatic rings. The van der Waals surface area contributed by atoms with Crippen LogP contribution in [0.25, 0.3) is 0 Å². The first kappa shape index (κ1) is 16.6. The average Bonchev–Trinajstić information content (AvgIpc) is 2.77. The number of hydrogen-bond donors (Lipinski definition) is 1. The van der Waals surface area contributed by atoms with Gasteiger partial charge in [0.2, 0.25) is 0 Å². The fraction of sp³-hybridized carbons (Fsp3) is 0.357. The van der Waals surface area contributed by atoms with E-state index in [1.54, 1.807) is 23.0 Å². The molecule has 0 aliphatic heterocycles. The van der Waals surface area contributed by atoms with E-state index in [0.29, 0.717) is 21.2 Å². The molecule has 0 radical (unpaired) electrons. The van der Waals surface area contributed by atoms with Gasteiger partial charge in [0.1, 0.15) is 11.9 Å². The Morgan fingerprint density at radius 3 is 2.67 bits per heavy atom. The summed E-state index contributed by atoms with van der Waals surface area (Å²) in [6.45, 7) is 1.38. The lowest BCUT2D eigenvalue weighted by Crippen LogP contribution is -2.21. The van der Waals surface area contributed by atoms with Crippen molar-refractivity contribution in [3.8, 4) is 0 Å². The first-order chi connectivity index (χ1) is 9.91. The molecule has 4 nitrogen and oxygen atoms in total. The van der Waals surface area contributed by atoms with E-state index in [4.69, 9.17) is 0 Å². The summed E-state index contributed by atoms with van der Waals surface area (Å²) < 4.78 is 16.9. The van der Waals surface area contributed by atoms with Gasteiger partial charge < -0.3 is 10.0 Å². The number of benzene rings is 1. The van der Waals surface area contributed by atoms with Crippen LogP contribution in [0.15, 0.2) is 33.3 Å². The number of aliphatic hydroxyl groups is 1. The molecule has 21 heavy (non-hydrogen) atoms. The zero-order valence-electron chi connectivity index (χ0n) is 11.7. The number of nitrogens with zero attached hydrogens (tertiary/aromatic N) is 3. The molecule has 0 aliphatic rings. The Morgan fingerprint density at radius 2 is 2.05 bits per heavy atom. The van der Waals surface area contributed by atoms with E-state index in [0.717, 1.165) is 6.54 Å². The van der Waals surface area contributed by atoms with E-state index in [1.807, 2.05) is 19.0 Å². The minimum absolute atomic E-state index is 0.213. The quantitative estimate of drug-likeness (QED) is 0.807. The third-order valence-corrected chi connectivity index (χ3v) is 4.43. The van der Waals surface area contributed by atoms with Gasteiger partial charge in [0, 0.05) is 16.6 Å². The van der Waals surface area contributed by atoms with Crippen LogP contribution in [0.1, 0.15) is 17.4 Å². The maximum Gasteiger partial charge on any atom is 0.130 e. The number of hydrogen-bond acceptors (Lipinski definition) is 3. The number of aromatic nitrogens is 2. The van der Waals surface area contributed by atoms with Gasteiger partial charge in [0.15, 0.2) is 0 Å². The van der Waals surface area contributed by atoms with Crippen LogP contribution in [0.2, 0.25) is 0 Å². The Hall–Kier alpha value is -0.760. The lowest BCUT2D eigenvalue weighted by Gasteiger charge is -2.18. The highest BCUT2D eigenvalue weighted by Crippen LogP contribution is 2.34. The Morgan fingerprint density at radius 1 is 1.33 bits per heavy atom. The zero-order chi connectivity index (χ0) is 15.6. The van der Waals surface area contributed by atoms with Gasteiger partial charge >= 0.3 is 0 Å². The summed E-state index contributed by atoms with van der Waals surface area (Å²) in [6.07, 6.45) is 0.516. The molecule has 2 rings (SSSR count). The number of rotatable bonds is 5. The Balaban J connectivity index is 2.39. The number of aliphatic hydroxyl groups excluding tert-OH is 1. The van der Waals surface area contributed by atoms with Crippen LogP contribution in [-0.2, 0) is 6.54 Å². The summed E-state index contributed by atoms with van der Waals surface area (Å²) in [5.41, 5.74) is 0.757. The van der Waals surface area contributed by atoms with Crippen molar-refractivity contribution in [2.24, 2.45) is 0 Å². The normalized spacial score (nSPS) is 12.9. The molecule has 0 bridgehead atoms. The molecule has 114 valence electrons. The molecule has 0 spiro atoms. The molecule has 1 heterocycles. The standard InChI is InChI=1S/C14H16Br2FN3O/c1-19(2)6-7-20-13(10(16)8-18-20)14(21)12-9(15)4-3-5-11(12)17/h3-5,8,14,21H,6-7H2,1-2H3. The maximum absolute atomic E-state index is 14.0. The molecule has 7 heteroatoms. The van der Waals surface area contributed by atoms with Crippen LogP contribution in [-0.4, -0.2) is 40.4 Å². The van der Waals surface area contributed by atoms with Gasteiger partial charge in [-0.25, -0.2) is 4.39 Å². The van der Waals surface area contributed by atoms with Crippen molar-refractivity contribution < 1.29 is 9.50 Å². The van der Waals surface area contributed by atoms with Gasteiger partial charge in [-0.2, -0.15) is 5.10 Å². The summed E-state index contributed by atoms with van der Waals surface area (Å²) in [7, 11) is 3.92. The lowest BCUT2D eigenvalue weighted by atomic mass is 10.1.